The van der Waals surface area contributed by atoms with E-state index in [4.69, 9.17) is 0 Å². The standard InChI is InChI=1S/C19H42N.C3H9N.BrH/c1-5-6-7-8-9-10-11-12-13-14-15-16-17-18-19-20(2,3)4;1-4(2)3;/h5-19H2,1-4H3;1-3H3;1H/q+1;;. The van der Waals surface area contributed by atoms with Crippen molar-refractivity contribution in [2.24, 2.45) is 0 Å². The molecule has 0 aliphatic rings. The number of quaternary nitrogens is 1. The van der Waals surface area contributed by atoms with E-state index in [0.29, 0.717) is 0 Å². The molecule has 0 spiro atoms. The summed E-state index contributed by atoms with van der Waals surface area (Å²) in [6, 6.07) is 0. The van der Waals surface area contributed by atoms with Gasteiger partial charge >= 0.3 is 0 Å². The van der Waals surface area contributed by atoms with Crippen LogP contribution in [0.25, 0.3) is 0 Å². The van der Waals surface area contributed by atoms with Crippen LogP contribution >= 0.6 is 17.0 Å². The lowest BCUT2D eigenvalue weighted by Crippen LogP contribution is -2.35. The van der Waals surface area contributed by atoms with Crippen molar-refractivity contribution in [2.45, 2.75) is 96.8 Å². The summed E-state index contributed by atoms with van der Waals surface area (Å²) >= 11 is 0. The van der Waals surface area contributed by atoms with Gasteiger partial charge in [-0.25, -0.2) is 0 Å². The Hall–Kier alpha value is 0.400. The number of nitrogens with zero attached hydrogens (tertiary/aromatic N) is 2. The van der Waals surface area contributed by atoms with Crippen molar-refractivity contribution in [1.82, 2.24) is 4.90 Å². The average molecular weight is 425 g/mol. The Morgan fingerprint density at radius 3 is 1.00 bits per heavy atom. The molecule has 0 bridgehead atoms. The highest BCUT2D eigenvalue weighted by atomic mass is 79.9. The van der Waals surface area contributed by atoms with Crippen molar-refractivity contribution >= 4 is 17.0 Å². The monoisotopic (exact) mass is 423 g/mol. The SMILES string of the molecule is Br.CCCCCCCCCCCCCCCC[N+](C)(C)C.CN(C)C. The first kappa shape index (κ1) is 30.1. The first-order valence-corrected chi connectivity index (χ1v) is 10.7. The third-order valence-corrected chi connectivity index (χ3v) is 4.18. The van der Waals surface area contributed by atoms with Gasteiger partial charge in [0, 0.05) is 0 Å². The second-order valence-electron chi connectivity index (χ2n) is 8.95. The van der Waals surface area contributed by atoms with Gasteiger partial charge in [0.1, 0.15) is 0 Å². The Morgan fingerprint density at radius 1 is 0.520 bits per heavy atom. The molecule has 0 saturated carbocycles. The summed E-state index contributed by atoms with van der Waals surface area (Å²) < 4.78 is 1.12. The Balaban J connectivity index is -0.000000867. The van der Waals surface area contributed by atoms with Gasteiger partial charge in [-0.2, -0.15) is 0 Å². The Morgan fingerprint density at radius 2 is 0.760 bits per heavy atom. The number of hydrogen-bond donors (Lipinski definition) is 0. The molecule has 156 valence electrons. The first-order valence-electron chi connectivity index (χ1n) is 10.7. The molecule has 0 saturated heterocycles. The maximum Gasteiger partial charge on any atom is 0.0780 e. The molecule has 0 fully saturated rings. The minimum atomic E-state index is 0. The van der Waals surface area contributed by atoms with Crippen LogP contribution in [0.4, 0.5) is 0 Å². The molecule has 0 unspecified atom stereocenters. The van der Waals surface area contributed by atoms with E-state index >= 15 is 0 Å². The van der Waals surface area contributed by atoms with Crippen LogP contribution in [0.3, 0.4) is 0 Å². The quantitative estimate of drug-likeness (QED) is 0.203. The van der Waals surface area contributed by atoms with Crippen molar-refractivity contribution in [3.8, 4) is 0 Å². The molecular formula is C22H52BrN2+. The van der Waals surface area contributed by atoms with Crippen molar-refractivity contribution in [2.75, 3.05) is 48.8 Å². The maximum absolute atomic E-state index is 2.29. The lowest BCUT2D eigenvalue weighted by molar-refractivity contribution is -0.870. The zero-order valence-electron chi connectivity index (χ0n) is 18.9. The van der Waals surface area contributed by atoms with E-state index in [1.54, 1.807) is 0 Å². The van der Waals surface area contributed by atoms with E-state index in [1.165, 1.54) is 96.4 Å². The van der Waals surface area contributed by atoms with Crippen molar-refractivity contribution in [1.29, 1.82) is 0 Å². The van der Waals surface area contributed by atoms with E-state index in [9.17, 15) is 0 Å². The molecule has 0 aromatic carbocycles. The summed E-state index contributed by atoms with van der Waals surface area (Å²) in [4.78, 5) is 2.00. The molecule has 0 aromatic heterocycles. The Labute approximate surface area is 172 Å². The highest BCUT2D eigenvalue weighted by molar-refractivity contribution is 8.93. The molecule has 25 heavy (non-hydrogen) atoms. The van der Waals surface area contributed by atoms with E-state index in [1.807, 2.05) is 26.0 Å². The highest BCUT2D eigenvalue weighted by Gasteiger charge is 2.04. The number of hydrogen-bond acceptors (Lipinski definition) is 1. The molecule has 0 heterocycles. The maximum atomic E-state index is 2.29. The lowest BCUT2D eigenvalue weighted by Gasteiger charge is -2.23. The summed E-state index contributed by atoms with van der Waals surface area (Å²) in [6.45, 7) is 3.63. The molecule has 2 nitrogen and oxygen atoms in total. The van der Waals surface area contributed by atoms with Gasteiger partial charge in [0.15, 0.2) is 0 Å². The van der Waals surface area contributed by atoms with E-state index < -0.39 is 0 Å². The van der Waals surface area contributed by atoms with Gasteiger partial charge in [-0.05, 0) is 34.0 Å². The van der Waals surface area contributed by atoms with Gasteiger partial charge in [-0.15, -0.1) is 17.0 Å². The first-order chi connectivity index (χ1) is 11.3. The molecule has 0 N–H and O–H groups in total. The third kappa shape index (κ3) is 40.4. The van der Waals surface area contributed by atoms with Crippen molar-refractivity contribution in [3.05, 3.63) is 0 Å². The number of unbranched alkanes of at least 4 members (excludes halogenated alkanes) is 13. The second-order valence-corrected chi connectivity index (χ2v) is 8.95. The smallest absolute Gasteiger partial charge is 0.0780 e. The lowest BCUT2D eigenvalue weighted by atomic mass is 10.0. The normalized spacial score (nSPS) is 11.0. The summed E-state index contributed by atoms with van der Waals surface area (Å²) in [5.41, 5.74) is 0. The average Bonchev–Trinajstić information content (AvgIpc) is 2.46. The molecule has 0 radical (unpaired) electrons. The zero-order valence-corrected chi connectivity index (χ0v) is 20.6. The Bertz CT molecular complexity index is 222. The van der Waals surface area contributed by atoms with Crippen LogP contribution in [0.2, 0.25) is 0 Å². The largest absolute Gasteiger partial charge is 0.331 e. The van der Waals surface area contributed by atoms with Crippen LogP contribution in [0.5, 0.6) is 0 Å². The number of halogens is 1. The van der Waals surface area contributed by atoms with Crippen LogP contribution < -0.4 is 0 Å². The minimum Gasteiger partial charge on any atom is -0.331 e. The van der Waals surface area contributed by atoms with Gasteiger partial charge in [-0.3, -0.25) is 0 Å². The molecule has 0 amide bonds. The highest BCUT2D eigenvalue weighted by Crippen LogP contribution is 2.13. The predicted octanol–water partition coefficient (Wildman–Crippen LogP) is 6.93. The summed E-state index contributed by atoms with van der Waals surface area (Å²) in [5, 5.41) is 0. The molecule has 0 atom stereocenters. The van der Waals surface area contributed by atoms with Crippen molar-refractivity contribution in [3.63, 3.8) is 0 Å². The van der Waals surface area contributed by atoms with Gasteiger partial charge < -0.3 is 9.38 Å². The molecule has 0 aliphatic carbocycles. The zero-order chi connectivity index (χ0) is 18.7. The predicted molar refractivity (Wildman–Crippen MR) is 123 cm³/mol. The second kappa shape index (κ2) is 22.4. The fraction of sp³-hybridized carbons (Fsp3) is 1.00. The van der Waals surface area contributed by atoms with Gasteiger partial charge in [0.05, 0.1) is 27.7 Å². The molecule has 0 aromatic rings. The van der Waals surface area contributed by atoms with E-state index in [0.717, 1.165) is 4.48 Å². The Kier molecular flexibility index (Phi) is 27.1. The van der Waals surface area contributed by atoms with Gasteiger partial charge in [0.2, 0.25) is 0 Å². The molecule has 0 rings (SSSR count). The minimum absolute atomic E-state index is 0. The van der Waals surface area contributed by atoms with Crippen LogP contribution in [0, 0.1) is 0 Å². The summed E-state index contributed by atoms with van der Waals surface area (Å²) in [7, 11) is 12.9. The van der Waals surface area contributed by atoms with Crippen LogP contribution in [-0.2, 0) is 0 Å². The van der Waals surface area contributed by atoms with Crippen LogP contribution in [-0.4, -0.2) is 58.2 Å². The van der Waals surface area contributed by atoms with E-state index in [-0.39, 0.29) is 17.0 Å². The summed E-state index contributed by atoms with van der Waals surface area (Å²) in [5.74, 6) is 0. The fourth-order valence-corrected chi connectivity index (χ4v) is 2.78. The summed E-state index contributed by atoms with van der Waals surface area (Å²) in [6.07, 6.45) is 20.4. The van der Waals surface area contributed by atoms with Crippen LogP contribution in [0.1, 0.15) is 96.8 Å². The molecule has 0 aliphatic heterocycles. The molecule has 3 heteroatoms. The van der Waals surface area contributed by atoms with Gasteiger partial charge in [-0.1, -0.05) is 84.0 Å². The number of rotatable bonds is 15. The molecular weight excluding hydrogens is 372 g/mol. The van der Waals surface area contributed by atoms with Crippen LogP contribution in [0.15, 0.2) is 0 Å². The van der Waals surface area contributed by atoms with Gasteiger partial charge in [0.25, 0.3) is 0 Å². The topological polar surface area (TPSA) is 3.24 Å². The fourth-order valence-electron chi connectivity index (χ4n) is 2.78. The van der Waals surface area contributed by atoms with E-state index in [2.05, 4.69) is 28.1 Å². The van der Waals surface area contributed by atoms with Crippen molar-refractivity contribution < 1.29 is 4.48 Å². The third-order valence-electron chi connectivity index (χ3n) is 4.18.